The molecule has 0 saturated heterocycles. The van der Waals surface area contributed by atoms with Gasteiger partial charge in [0.25, 0.3) is 11.5 Å². The second kappa shape index (κ2) is 8.73. The van der Waals surface area contributed by atoms with Crippen LogP contribution >= 0.6 is 34.8 Å². The number of carbonyl (C=O) groups is 2. The molecule has 1 atom stereocenters. The van der Waals surface area contributed by atoms with Crippen molar-refractivity contribution in [2.75, 3.05) is 0 Å². The Morgan fingerprint density at radius 2 is 1.76 bits per heavy atom. The van der Waals surface area contributed by atoms with Gasteiger partial charge in [-0.25, -0.2) is 4.68 Å². The zero-order valence-electron chi connectivity index (χ0n) is 14.7. The fourth-order valence-electron chi connectivity index (χ4n) is 2.72. The number of nitrogens with one attached hydrogen (secondary N) is 2. The van der Waals surface area contributed by atoms with E-state index < -0.39 is 23.5 Å². The molecule has 3 rings (SSSR count). The average molecular weight is 455 g/mol. The number of nitrogens with zero attached hydrogens (tertiary/aromatic N) is 1. The third-order valence-corrected chi connectivity index (χ3v) is 5.15. The van der Waals surface area contributed by atoms with Crippen LogP contribution in [0.2, 0.25) is 15.1 Å². The summed E-state index contributed by atoms with van der Waals surface area (Å²) in [7, 11) is 0. The van der Waals surface area contributed by atoms with E-state index in [0.717, 1.165) is 10.7 Å². The lowest BCUT2D eigenvalue weighted by Gasteiger charge is -2.17. The predicted octanol–water partition coefficient (Wildman–Crippen LogP) is 4.07. The molecular weight excluding hydrogens is 441 g/mol. The number of hydrogen-bond donors (Lipinski definition) is 3. The van der Waals surface area contributed by atoms with Crippen LogP contribution in [0.5, 0.6) is 0 Å². The third kappa shape index (κ3) is 4.82. The molecule has 2 aromatic carbocycles. The minimum absolute atomic E-state index is 0.0506. The highest BCUT2D eigenvalue weighted by molar-refractivity contribution is 6.42. The normalized spacial score (nSPS) is 11.8. The van der Waals surface area contributed by atoms with Gasteiger partial charge in [-0.05, 0) is 29.8 Å². The van der Waals surface area contributed by atoms with Gasteiger partial charge < -0.3 is 10.4 Å². The summed E-state index contributed by atoms with van der Waals surface area (Å²) in [6.45, 7) is 0. The van der Waals surface area contributed by atoms with Gasteiger partial charge in [-0.2, -0.15) is 0 Å². The lowest BCUT2D eigenvalue weighted by Crippen LogP contribution is -2.30. The van der Waals surface area contributed by atoms with E-state index in [1.807, 2.05) is 0 Å². The fraction of sp³-hybridized carbons (Fsp3) is 0.105. The zero-order chi connectivity index (χ0) is 21.1. The van der Waals surface area contributed by atoms with Gasteiger partial charge >= 0.3 is 5.97 Å². The number of rotatable bonds is 6. The van der Waals surface area contributed by atoms with Gasteiger partial charge in [0, 0.05) is 6.07 Å². The quantitative estimate of drug-likeness (QED) is 0.522. The summed E-state index contributed by atoms with van der Waals surface area (Å²) in [6.07, 6.45) is -0.390. The number of benzene rings is 2. The number of para-hydroxylation sites is 1. The van der Waals surface area contributed by atoms with E-state index >= 15 is 0 Å². The van der Waals surface area contributed by atoms with Gasteiger partial charge in [0.05, 0.1) is 33.2 Å². The smallest absolute Gasteiger partial charge is 0.305 e. The summed E-state index contributed by atoms with van der Waals surface area (Å²) < 4.78 is 1.13. The lowest BCUT2D eigenvalue weighted by molar-refractivity contribution is -0.137. The standard InChI is InChI=1S/C19H14Cl3N3O4/c20-11-6-5-10(7-13(11)22)14(9-18(27)28)23-19(29)15-8-17(26)25(24-15)16-4-2-1-3-12(16)21/h1-8,14,24H,9H2,(H,23,29)(H,27,28). The van der Waals surface area contributed by atoms with E-state index in [1.165, 1.54) is 12.1 Å². The average Bonchev–Trinajstić information content (AvgIpc) is 3.05. The highest BCUT2D eigenvalue weighted by Crippen LogP contribution is 2.27. The molecule has 1 amide bonds. The van der Waals surface area contributed by atoms with Crippen LogP contribution < -0.4 is 10.9 Å². The van der Waals surface area contributed by atoms with Crippen molar-refractivity contribution in [3.63, 3.8) is 0 Å². The van der Waals surface area contributed by atoms with Crippen molar-refractivity contribution >= 4 is 46.7 Å². The molecule has 0 aliphatic rings. The molecule has 0 saturated carbocycles. The minimum atomic E-state index is -1.12. The number of H-pyrrole nitrogens is 1. The summed E-state index contributed by atoms with van der Waals surface area (Å²) in [5, 5.41) is 15.3. The molecule has 0 spiro atoms. The van der Waals surface area contributed by atoms with Crippen LogP contribution in [0.1, 0.15) is 28.5 Å². The Morgan fingerprint density at radius 1 is 1.03 bits per heavy atom. The van der Waals surface area contributed by atoms with Crippen molar-refractivity contribution in [1.82, 2.24) is 15.1 Å². The van der Waals surface area contributed by atoms with Crippen LogP contribution in [0.3, 0.4) is 0 Å². The van der Waals surface area contributed by atoms with Gasteiger partial charge in [0.15, 0.2) is 0 Å². The number of carbonyl (C=O) groups excluding carboxylic acids is 1. The van der Waals surface area contributed by atoms with Gasteiger partial charge in [-0.3, -0.25) is 19.5 Å². The monoisotopic (exact) mass is 453 g/mol. The molecular formula is C19H14Cl3N3O4. The van der Waals surface area contributed by atoms with Gasteiger partial charge in [-0.15, -0.1) is 0 Å². The van der Waals surface area contributed by atoms with Crippen molar-refractivity contribution in [1.29, 1.82) is 0 Å². The summed E-state index contributed by atoms with van der Waals surface area (Å²) in [5.41, 5.74) is 0.297. The maximum absolute atomic E-state index is 12.7. The Hall–Kier alpha value is -2.74. The van der Waals surface area contributed by atoms with Crippen molar-refractivity contribution in [3.8, 4) is 5.69 Å². The van der Waals surface area contributed by atoms with E-state index in [2.05, 4.69) is 10.4 Å². The molecule has 0 fully saturated rings. The van der Waals surface area contributed by atoms with Crippen LogP contribution in [0.15, 0.2) is 53.3 Å². The molecule has 0 aliphatic heterocycles. The first-order valence-electron chi connectivity index (χ1n) is 8.31. The molecule has 150 valence electrons. The van der Waals surface area contributed by atoms with Crippen LogP contribution in [0.4, 0.5) is 0 Å². The Bertz CT molecular complexity index is 1140. The van der Waals surface area contributed by atoms with Crippen molar-refractivity contribution < 1.29 is 14.7 Å². The van der Waals surface area contributed by atoms with E-state index in [1.54, 1.807) is 30.3 Å². The number of aromatic nitrogens is 2. The van der Waals surface area contributed by atoms with Crippen LogP contribution in [-0.2, 0) is 4.79 Å². The number of halogens is 3. The zero-order valence-corrected chi connectivity index (χ0v) is 16.9. The summed E-state index contributed by atoms with van der Waals surface area (Å²) in [4.78, 5) is 36.2. The highest BCUT2D eigenvalue weighted by Gasteiger charge is 2.22. The third-order valence-electron chi connectivity index (χ3n) is 4.09. The first-order chi connectivity index (χ1) is 13.8. The highest BCUT2D eigenvalue weighted by atomic mass is 35.5. The molecule has 29 heavy (non-hydrogen) atoms. The number of amides is 1. The fourth-order valence-corrected chi connectivity index (χ4v) is 3.24. The van der Waals surface area contributed by atoms with Crippen LogP contribution in [0.25, 0.3) is 5.69 Å². The Morgan fingerprint density at radius 3 is 2.41 bits per heavy atom. The first-order valence-corrected chi connectivity index (χ1v) is 9.44. The van der Waals surface area contributed by atoms with E-state index in [0.29, 0.717) is 21.3 Å². The molecule has 7 nitrogen and oxygen atoms in total. The second-order valence-corrected chi connectivity index (χ2v) is 7.31. The molecule has 3 N–H and O–H groups in total. The number of aromatic amines is 1. The largest absolute Gasteiger partial charge is 0.481 e. The minimum Gasteiger partial charge on any atom is -0.481 e. The summed E-state index contributed by atoms with van der Waals surface area (Å²) in [5.74, 6) is -1.78. The predicted molar refractivity (Wildman–Crippen MR) is 110 cm³/mol. The maximum Gasteiger partial charge on any atom is 0.305 e. The second-order valence-electron chi connectivity index (χ2n) is 6.09. The maximum atomic E-state index is 12.7. The van der Waals surface area contributed by atoms with Gasteiger partial charge in [-0.1, -0.05) is 53.0 Å². The topological polar surface area (TPSA) is 104 Å². The molecule has 1 unspecified atom stereocenters. The van der Waals surface area contributed by atoms with Crippen LogP contribution in [-0.4, -0.2) is 26.8 Å². The van der Waals surface area contributed by atoms with Gasteiger partial charge in [0.1, 0.15) is 5.69 Å². The van der Waals surface area contributed by atoms with Crippen LogP contribution in [0, 0.1) is 0 Å². The van der Waals surface area contributed by atoms with E-state index in [9.17, 15) is 19.5 Å². The number of aliphatic carboxylic acids is 1. The number of carboxylic acids is 1. The molecule has 0 bridgehead atoms. The molecule has 0 radical (unpaired) electrons. The lowest BCUT2D eigenvalue weighted by atomic mass is 10.0. The van der Waals surface area contributed by atoms with Crippen molar-refractivity contribution in [2.24, 2.45) is 0 Å². The number of carboxylic acid groups (broad SMARTS) is 1. The van der Waals surface area contributed by atoms with Crippen molar-refractivity contribution in [2.45, 2.75) is 12.5 Å². The molecule has 10 heteroatoms. The Labute approximate surface area is 179 Å². The summed E-state index contributed by atoms with van der Waals surface area (Å²) >= 11 is 18.0. The van der Waals surface area contributed by atoms with Crippen molar-refractivity contribution in [3.05, 3.63) is 85.2 Å². The van der Waals surface area contributed by atoms with E-state index in [4.69, 9.17) is 34.8 Å². The molecule has 3 aromatic rings. The Balaban J connectivity index is 1.89. The molecule has 1 heterocycles. The first kappa shape index (κ1) is 21.0. The SMILES string of the molecule is O=C(O)CC(NC(=O)c1cc(=O)n(-c2ccccc2Cl)[nH]1)c1ccc(Cl)c(Cl)c1. The molecule has 1 aromatic heterocycles. The number of hydrogen-bond acceptors (Lipinski definition) is 3. The van der Waals surface area contributed by atoms with E-state index in [-0.39, 0.29) is 17.1 Å². The molecule has 0 aliphatic carbocycles. The van der Waals surface area contributed by atoms with Gasteiger partial charge in [0.2, 0.25) is 0 Å². The Kier molecular flexibility index (Phi) is 6.32. The summed E-state index contributed by atoms with van der Waals surface area (Å²) in [6, 6.07) is 11.4.